The van der Waals surface area contributed by atoms with Crippen LogP contribution in [0.25, 0.3) is 0 Å². The number of benzene rings is 1. The van der Waals surface area contributed by atoms with Gasteiger partial charge in [-0.3, -0.25) is 0 Å². The SMILES string of the molecule is O[C@H]1CCCC[C@@H]1NCc1ccc2c(c1)OCO2. The lowest BCUT2D eigenvalue weighted by atomic mass is 9.92. The van der Waals surface area contributed by atoms with E-state index in [1.807, 2.05) is 18.2 Å². The van der Waals surface area contributed by atoms with Crippen molar-refractivity contribution in [3.63, 3.8) is 0 Å². The second-order valence-corrected chi connectivity index (χ2v) is 5.03. The molecule has 1 heterocycles. The summed E-state index contributed by atoms with van der Waals surface area (Å²) < 4.78 is 10.6. The number of nitrogens with one attached hydrogen (secondary N) is 1. The van der Waals surface area contributed by atoms with Crippen LogP contribution < -0.4 is 14.8 Å². The molecular weight excluding hydrogens is 230 g/mol. The zero-order valence-corrected chi connectivity index (χ0v) is 10.4. The molecule has 4 nitrogen and oxygen atoms in total. The van der Waals surface area contributed by atoms with Gasteiger partial charge in [0.1, 0.15) is 0 Å². The van der Waals surface area contributed by atoms with Crippen LogP contribution in [0.2, 0.25) is 0 Å². The number of rotatable bonds is 3. The molecule has 0 unspecified atom stereocenters. The maximum atomic E-state index is 9.89. The summed E-state index contributed by atoms with van der Waals surface area (Å²) in [4.78, 5) is 0. The Balaban J connectivity index is 1.59. The van der Waals surface area contributed by atoms with Gasteiger partial charge < -0.3 is 19.9 Å². The molecule has 0 aromatic heterocycles. The molecule has 1 fully saturated rings. The molecule has 1 aromatic carbocycles. The summed E-state index contributed by atoms with van der Waals surface area (Å²) in [5, 5.41) is 13.3. The smallest absolute Gasteiger partial charge is 0.231 e. The van der Waals surface area contributed by atoms with Crippen LogP contribution in [0.3, 0.4) is 0 Å². The van der Waals surface area contributed by atoms with E-state index in [2.05, 4.69) is 5.32 Å². The minimum atomic E-state index is -0.201. The predicted octanol–water partition coefficient (Wildman–Crippen LogP) is 1.81. The maximum Gasteiger partial charge on any atom is 0.231 e. The average Bonchev–Trinajstić information content (AvgIpc) is 2.85. The largest absolute Gasteiger partial charge is 0.454 e. The molecule has 98 valence electrons. The van der Waals surface area contributed by atoms with E-state index in [0.29, 0.717) is 6.79 Å². The summed E-state index contributed by atoms with van der Waals surface area (Å²) in [6.07, 6.45) is 4.12. The monoisotopic (exact) mass is 249 g/mol. The van der Waals surface area contributed by atoms with Crippen LogP contribution in [0.1, 0.15) is 31.2 Å². The van der Waals surface area contributed by atoms with Gasteiger partial charge in [-0.1, -0.05) is 18.9 Å². The van der Waals surface area contributed by atoms with E-state index in [1.54, 1.807) is 0 Å². The van der Waals surface area contributed by atoms with E-state index in [1.165, 1.54) is 6.42 Å². The second kappa shape index (κ2) is 5.16. The maximum absolute atomic E-state index is 9.89. The number of ether oxygens (including phenoxy) is 2. The zero-order valence-electron chi connectivity index (χ0n) is 10.4. The quantitative estimate of drug-likeness (QED) is 0.857. The topological polar surface area (TPSA) is 50.7 Å². The standard InChI is InChI=1S/C14H19NO3/c16-12-4-2-1-3-11(12)15-8-10-5-6-13-14(7-10)18-9-17-13/h5-7,11-12,15-16H,1-4,8-9H2/t11-,12-/m0/s1. The van der Waals surface area contributed by atoms with E-state index in [9.17, 15) is 5.11 Å². The van der Waals surface area contributed by atoms with Crippen molar-refractivity contribution in [2.24, 2.45) is 0 Å². The van der Waals surface area contributed by atoms with Crippen LogP contribution in [0, 0.1) is 0 Å². The van der Waals surface area contributed by atoms with Crippen LogP contribution in [0.4, 0.5) is 0 Å². The summed E-state index contributed by atoms with van der Waals surface area (Å²) in [6, 6.07) is 6.21. The Morgan fingerprint density at radius 2 is 2.00 bits per heavy atom. The van der Waals surface area contributed by atoms with Crippen molar-refractivity contribution in [2.75, 3.05) is 6.79 Å². The molecule has 0 bridgehead atoms. The van der Waals surface area contributed by atoms with Gasteiger partial charge in [-0.15, -0.1) is 0 Å². The molecule has 2 atom stereocenters. The predicted molar refractivity (Wildman–Crippen MR) is 67.7 cm³/mol. The molecule has 1 aromatic rings. The highest BCUT2D eigenvalue weighted by atomic mass is 16.7. The highest BCUT2D eigenvalue weighted by molar-refractivity contribution is 5.44. The third-order valence-electron chi connectivity index (χ3n) is 3.73. The summed E-state index contributed by atoms with van der Waals surface area (Å²) in [6.45, 7) is 1.08. The Hall–Kier alpha value is -1.26. The Labute approximate surface area is 107 Å². The van der Waals surface area contributed by atoms with Crippen molar-refractivity contribution in [3.05, 3.63) is 23.8 Å². The third kappa shape index (κ3) is 2.44. The van der Waals surface area contributed by atoms with Gasteiger partial charge in [-0.2, -0.15) is 0 Å². The second-order valence-electron chi connectivity index (χ2n) is 5.03. The molecule has 0 radical (unpaired) electrons. The summed E-state index contributed by atoms with van der Waals surface area (Å²) in [7, 11) is 0. The first-order valence-electron chi connectivity index (χ1n) is 6.63. The first kappa shape index (κ1) is 11.8. The molecule has 0 spiro atoms. The van der Waals surface area contributed by atoms with Crippen molar-refractivity contribution in [1.29, 1.82) is 0 Å². The van der Waals surface area contributed by atoms with Crippen LogP contribution in [-0.4, -0.2) is 24.0 Å². The molecule has 18 heavy (non-hydrogen) atoms. The van der Waals surface area contributed by atoms with Gasteiger partial charge in [0.25, 0.3) is 0 Å². The molecular formula is C14H19NO3. The van der Waals surface area contributed by atoms with Crippen molar-refractivity contribution in [2.45, 2.75) is 44.4 Å². The Bertz CT molecular complexity index is 422. The van der Waals surface area contributed by atoms with E-state index in [0.717, 1.165) is 42.9 Å². The number of hydrogen-bond donors (Lipinski definition) is 2. The van der Waals surface area contributed by atoms with Gasteiger partial charge in [0.15, 0.2) is 11.5 Å². The van der Waals surface area contributed by atoms with Gasteiger partial charge in [0.2, 0.25) is 6.79 Å². The molecule has 0 amide bonds. The van der Waals surface area contributed by atoms with Crippen LogP contribution in [-0.2, 0) is 6.54 Å². The molecule has 4 heteroatoms. The minimum Gasteiger partial charge on any atom is -0.454 e. The highest BCUT2D eigenvalue weighted by Crippen LogP contribution is 2.32. The van der Waals surface area contributed by atoms with Gasteiger partial charge in [-0.25, -0.2) is 0 Å². The summed E-state index contributed by atoms with van der Waals surface area (Å²) in [5.74, 6) is 1.63. The first-order valence-corrected chi connectivity index (χ1v) is 6.63. The number of aliphatic hydroxyl groups is 1. The van der Waals surface area contributed by atoms with Crippen molar-refractivity contribution in [1.82, 2.24) is 5.32 Å². The number of fused-ring (bicyclic) bond motifs is 1. The first-order chi connectivity index (χ1) is 8.83. The van der Waals surface area contributed by atoms with Crippen LogP contribution in [0.15, 0.2) is 18.2 Å². The lowest BCUT2D eigenvalue weighted by Gasteiger charge is -2.28. The summed E-state index contributed by atoms with van der Waals surface area (Å²) >= 11 is 0. The third-order valence-corrected chi connectivity index (χ3v) is 3.73. The van der Waals surface area contributed by atoms with E-state index in [4.69, 9.17) is 9.47 Å². The highest BCUT2D eigenvalue weighted by Gasteiger charge is 2.22. The fraction of sp³-hybridized carbons (Fsp3) is 0.571. The summed E-state index contributed by atoms with van der Waals surface area (Å²) in [5.41, 5.74) is 1.16. The van der Waals surface area contributed by atoms with Gasteiger partial charge >= 0.3 is 0 Å². The molecule has 2 aliphatic rings. The zero-order chi connectivity index (χ0) is 12.4. The van der Waals surface area contributed by atoms with Gasteiger partial charge in [-0.05, 0) is 30.5 Å². The molecule has 0 saturated heterocycles. The molecule has 2 N–H and O–H groups in total. The number of aliphatic hydroxyl groups excluding tert-OH is 1. The Kier molecular flexibility index (Phi) is 3.39. The molecule has 1 saturated carbocycles. The lowest BCUT2D eigenvalue weighted by Crippen LogP contribution is -2.41. The van der Waals surface area contributed by atoms with Crippen molar-refractivity contribution in [3.8, 4) is 11.5 Å². The fourth-order valence-electron chi connectivity index (χ4n) is 2.65. The van der Waals surface area contributed by atoms with Crippen molar-refractivity contribution >= 4 is 0 Å². The molecule has 3 rings (SSSR count). The van der Waals surface area contributed by atoms with Crippen LogP contribution >= 0.6 is 0 Å². The van der Waals surface area contributed by atoms with Gasteiger partial charge in [0, 0.05) is 12.6 Å². The van der Waals surface area contributed by atoms with Crippen LogP contribution in [0.5, 0.6) is 11.5 Å². The Morgan fingerprint density at radius 1 is 1.17 bits per heavy atom. The van der Waals surface area contributed by atoms with E-state index >= 15 is 0 Å². The average molecular weight is 249 g/mol. The fourth-order valence-corrected chi connectivity index (χ4v) is 2.65. The lowest BCUT2D eigenvalue weighted by molar-refractivity contribution is 0.0902. The van der Waals surface area contributed by atoms with E-state index < -0.39 is 0 Å². The molecule has 1 aliphatic heterocycles. The van der Waals surface area contributed by atoms with E-state index in [-0.39, 0.29) is 12.1 Å². The van der Waals surface area contributed by atoms with Crippen molar-refractivity contribution < 1.29 is 14.6 Å². The Morgan fingerprint density at radius 3 is 2.89 bits per heavy atom. The normalized spacial score (nSPS) is 26.3. The number of hydrogen-bond acceptors (Lipinski definition) is 4. The molecule has 1 aliphatic carbocycles. The minimum absolute atomic E-state index is 0.201. The van der Waals surface area contributed by atoms with Gasteiger partial charge in [0.05, 0.1) is 6.10 Å².